The van der Waals surface area contributed by atoms with Crippen LogP contribution in [-0.4, -0.2) is 49.1 Å². The predicted octanol–water partition coefficient (Wildman–Crippen LogP) is 5.83. The van der Waals surface area contributed by atoms with Crippen LogP contribution in [0, 0.1) is 35.0 Å². The van der Waals surface area contributed by atoms with Gasteiger partial charge in [-0.2, -0.15) is 5.26 Å². The van der Waals surface area contributed by atoms with E-state index in [9.17, 15) is 0 Å². The van der Waals surface area contributed by atoms with Crippen LogP contribution in [0.5, 0.6) is 0 Å². The fourth-order valence-electron chi connectivity index (χ4n) is 3.24. The van der Waals surface area contributed by atoms with E-state index >= 15 is 0 Å². The van der Waals surface area contributed by atoms with E-state index in [1.807, 2.05) is 0 Å². The first-order valence-electron chi connectivity index (χ1n) is 11.2. The van der Waals surface area contributed by atoms with Crippen LogP contribution in [-0.2, 0) is 0 Å². The van der Waals surface area contributed by atoms with Gasteiger partial charge >= 0.3 is 0 Å². The molecule has 0 spiro atoms. The highest BCUT2D eigenvalue weighted by atomic mass is 15.1. The van der Waals surface area contributed by atoms with Gasteiger partial charge in [0.15, 0.2) is 0 Å². The molecule has 27 heavy (non-hydrogen) atoms. The molecule has 0 N–H and O–H groups in total. The summed E-state index contributed by atoms with van der Waals surface area (Å²) in [5.74, 6) is 2.84. The summed E-state index contributed by atoms with van der Waals surface area (Å²) < 4.78 is 0. The number of nitrogens with zero attached hydrogens (tertiary/aromatic N) is 3. The number of nitriles is 1. The van der Waals surface area contributed by atoms with Crippen LogP contribution in [0.3, 0.4) is 0 Å². The zero-order valence-corrected chi connectivity index (χ0v) is 19.4. The maximum absolute atomic E-state index is 9.05. The van der Waals surface area contributed by atoms with E-state index in [0.29, 0.717) is 18.4 Å². The number of hydrogen-bond acceptors (Lipinski definition) is 3. The van der Waals surface area contributed by atoms with Crippen molar-refractivity contribution in [3.05, 3.63) is 12.2 Å². The maximum Gasteiger partial charge on any atom is 0.0866 e. The summed E-state index contributed by atoms with van der Waals surface area (Å²) in [7, 11) is 0. The van der Waals surface area contributed by atoms with E-state index in [2.05, 4.69) is 76.5 Å². The van der Waals surface area contributed by atoms with Crippen molar-refractivity contribution in [3.8, 4) is 6.07 Å². The summed E-state index contributed by atoms with van der Waals surface area (Å²) in [6.07, 6.45) is 9.53. The predicted molar refractivity (Wildman–Crippen MR) is 120 cm³/mol. The lowest BCUT2D eigenvalue weighted by Crippen LogP contribution is -2.30. The highest BCUT2D eigenvalue weighted by Crippen LogP contribution is 2.11. The summed E-state index contributed by atoms with van der Waals surface area (Å²) in [5, 5.41) is 9.05. The van der Waals surface area contributed by atoms with Crippen LogP contribution in [0.2, 0.25) is 0 Å². The number of hydrogen-bond donors (Lipinski definition) is 0. The zero-order chi connectivity index (χ0) is 20.7. The Kier molecular flexibility index (Phi) is 15.6. The molecular formula is C24H47N3. The van der Waals surface area contributed by atoms with Crippen LogP contribution in [0.25, 0.3) is 0 Å². The van der Waals surface area contributed by atoms with Crippen molar-refractivity contribution < 1.29 is 0 Å². The van der Waals surface area contributed by atoms with Gasteiger partial charge in [0.25, 0.3) is 0 Å². The van der Waals surface area contributed by atoms with Crippen LogP contribution >= 0.6 is 0 Å². The SMILES string of the molecule is CC(C)CCN(C/C=C/CCC(C)CN(CC#N)CCC(C)C)CC(C)C. The van der Waals surface area contributed by atoms with Gasteiger partial charge < -0.3 is 0 Å². The molecule has 0 radical (unpaired) electrons. The maximum atomic E-state index is 9.05. The molecule has 0 aromatic rings. The molecule has 158 valence electrons. The Hall–Kier alpha value is -0.850. The molecule has 1 unspecified atom stereocenters. The molecule has 3 heteroatoms. The summed E-state index contributed by atoms with van der Waals surface area (Å²) in [6.45, 7) is 22.2. The first-order chi connectivity index (χ1) is 12.7. The summed E-state index contributed by atoms with van der Waals surface area (Å²) in [5.41, 5.74) is 0. The second-order valence-corrected chi connectivity index (χ2v) is 9.57. The van der Waals surface area contributed by atoms with E-state index in [1.54, 1.807) is 0 Å². The van der Waals surface area contributed by atoms with Gasteiger partial charge in [-0.25, -0.2) is 0 Å². The average molecular weight is 378 g/mol. The Labute approximate surface area is 170 Å². The van der Waals surface area contributed by atoms with E-state index in [0.717, 1.165) is 37.9 Å². The van der Waals surface area contributed by atoms with Crippen LogP contribution in [0.4, 0.5) is 0 Å². The molecule has 0 aliphatic heterocycles. The summed E-state index contributed by atoms with van der Waals surface area (Å²) in [6, 6.07) is 2.33. The summed E-state index contributed by atoms with van der Waals surface area (Å²) >= 11 is 0. The van der Waals surface area contributed by atoms with E-state index in [4.69, 9.17) is 5.26 Å². The van der Waals surface area contributed by atoms with Gasteiger partial charge in [-0.1, -0.05) is 60.6 Å². The fraction of sp³-hybridized carbons (Fsp3) is 0.875. The van der Waals surface area contributed by atoms with Gasteiger partial charge in [0.2, 0.25) is 0 Å². The fourth-order valence-corrected chi connectivity index (χ4v) is 3.24. The van der Waals surface area contributed by atoms with Crippen LogP contribution < -0.4 is 0 Å². The third kappa shape index (κ3) is 17.0. The van der Waals surface area contributed by atoms with Crippen molar-refractivity contribution in [1.29, 1.82) is 5.26 Å². The molecule has 3 nitrogen and oxygen atoms in total. The Morgan fingerprint density at radius 3 is 1.85 bits per heavy atom. The van der Waals surface area contributed by atoms with Crippen molar-refractivity contribution in [2.24, 2.45) is 23.7 Å². The molecule has 1 atom stereocenters. The molecule has 0 rings (SSSR count). The van der Waals surface area contributed by atoms with Gasteiger partial charge in [-0.05, 0) is 62.4 Å². The van der Waals surface area contributed by atoms with Gasteiger partial charge in [0.1, 0.15) is 0 Å². The van der Waals surface area contributed by atoms with Gasteiger partial charge in [0.05, 0.1) is 12.6 Å². The van der Waals surface area contributed by atoms with Gasteiger partial charge in [-0.3, -0.25) is 9.80 Å². The minimum atomic E-state index is 0.562. The molecule has 0 saturated heterocycles. The second-order valence-electron chi connectivity index (χ2n) is 9.57. The molecular weight excluding hydrogens is 330 g/mol. The minimum Gasteiger partial charge on any atom is -0.299 e. The second kappa shape index (κ2) is 16.1. The largest absolute Gasteiger partial charge is 0.299 e. The number of rotatable bonds is 16. The Bertz CT molecular complexity index is 406. The van der Waals surface area contributed by atoms with Crippen LogP contribution in [0.15, 0.2) is 12.2 Å². The molecule has 0 heterocycles. The van der Waals surface area contributed by atoms with E-state index in [-0.39, 0.29) is 0 Å². The Balaban J connectivity index is 4.19. The topological polar surface area (TPSA) is 30.3 Å². The molecule has 0 bridgehead atoms. The quantitative estimate of drug-likeness (QED) is 0.250. The minimum absolute atomic E-state index is 0.562. The summed E-state index contributed by atoms with van der Waals surface area (Å²) in [4.78, 5) is 4.91. The lowest BCUT2D eigenvalue weighted by atomic mass is 10.0. The molecule has 0 saturated carbocycles. The Morgan fingerprint density at radius 2 is 1.33 bits per heavy atom. The monoisotopic (exact) mass is 377 g/mol. The van der Waals surface area contributed by atoms with E-state index in [1.165, 1.54) is 32.4 Å². The lowest BCUT2D eigenvalue weighted by Gasteiger charge is -2.24. The zero-order valence-electron chi connectivity index (χ0n) is 19.4. The van der Waals surface area contributed by atoms with Crippen molar-refractivity contribution in [2.45, 2.75) is 74.1 Å². The third-order valence-electron chi connectivity index (χ3n) is 4.89. The Morgan fingerprint density at radius 1 is 0.741 bits per heavy atom. The first kappa shape index (κ1) is 26.1. The first-order valence-corrected chi connectivity index (χ1v) is 11.2. The van der Waals surface area contributed by atoms with E-state index < -0.39 is 0 Å². The lowest BCUT2D eigenvalue weighted by molar-refractivity contribution is 0.243. The van der Waals surface area contributed by atoms with Gasteiger partial charge in [-0.15, -0.1) is 0 Å². The molecule has 0 aliphatic carbocycles. The smallest absolute Gasteiger partial charge is 0.0866 e. The third-order valence-corrected chi connectivity index (χ3v) is 4.89. The molecule has 0 aromatic carbocycles. The van der Waals surface area contributed by atoms with Crippen molar-refractivity contribution >= 4 is 0 Å². The standard InChI is InChI=1S/C24H47N3/c1-21(2)12-16-26(19-23(5)6)15-10-8-9-11-24(7)20-27(18-14-25)17-13-22(3)4/h8,10,21-24H,9,11-13,15-20H2,1-7H3/b10-8+. The van der Waals surface area contributed by atoms with Crippen molar-refractivity contribution in [1.82, 2.24) is 9.80 Å². The average Bonchev–Trinajstić information content (AvgIpc) is 2.56. The van der Waals surface area contributed by atoms with Gasteiger partial charge in [0, 0.05) is 19.6 Å². The normalized spacial score (nSPS) is 13.6. The molecule has 0 aliphatic rings. The number of allylic oxidation sites excluding steroid dienone is 1. The van der Waals surface area contributed by atoms with Crippen molar-refractivity contribution in [3.63, 3.8) is 0 Å². The highest BCUT2D eigenvalue weighted by molar-refractivity contribution is 4.86. The van der Waals surface area contributed by atoms with Crippen molar-refractivity contribution in [2.75, 3.05) is 39.3 Å². The molecule has 0 fully saturated rings. The highest BCUT2D eigenvalue weighted by Gasteiger charge is 2.10. The molecule has 0 amide bonds. The molecule has 0 aromatic heterocycles. The van der Waals surface area contributed by atoms with Crippen LogP contribution in [0.1, 0.15) is 74.1 Å².